The molecule has 0 unspecified atom stereocenters. The highest BCUT2D eigenvalue weighted by Crippen LogP contribution is 2.10. The number of hydrazine groups is 1. The smallest absolute Gasteiger partial charge is 0.251 e. The zero-order chi connectivity index (χ0) is 14.4. The van der Waals surface area contributed by atoms with Crippen LogP contribution in [-0.4, -0.2) is 32.4 Å². The topological polar surface area (TPSA) is 111 Å². The van der Waals surface area contributed by atoms with E-state index in [9.17, 15) is 4.79 Å². The Bertz CT molecular complexity index is 545. The van der Waals surface area contributed by atoms with E-state index < -0.39 is 0 Å². The maximum atomic E-state index is 12.1. The van der Waals surface area contributed by atoms with Gasteiger partial charge < -0.3 is 10.7 Å². The van der Waals surface area contributed by atoms with Crippen LogP contribution in [0, 0.1) is 0 Å². The van der Waals surface area contributed by atoms with E-state index in [1.54, 1.807) is 29.2 Å². The summed E-state index contributed by atoms with van der Waals surface area (Å²) in [5.74, 6) is 5.65. The van der Waals surface area contributed by atoms with Crippen molar-refractivity contribution in [3.05, 3.63) is 35.8 Å². The minimum Gasteiger partial charge on any atom is -0.350 e. The van der Waals surface area contributed by atoms with Crippen LogP contribution in [0.25, 0.3) is 0 Å². The number of nitrogens with one attached hydrogen (secondary N) is 2. The highest BCUT2D eigenvalue weighted by atomic mass is 16.1. The molecule has 0 aliphatic heterocycles. The molecule has 0 saturated heterocycles. The van der Waals surface area contributed by atoms with Crippen LogP contribution in [0.4, 0.5) is 5.82 Å². The Kier molecular flexibility index (Phi) is 4.61. The number of carbonyl (C=O) groups excluding carboxylic acids is 1. The normalized spacial score (nSPS) is 10.3. The maximum Gasteiger partial charge on any atom is 0.251 e. The van der Waals surface area contributed by atoms with Gasteiger partial charge in [0.25, 0.3) is 5.91 Å². The summed E-state index contributed by atoms with van der Waals surface area (Å²) in [7, 11) is 0. The van der Waals surface area contributed by atoms with E-state index in [0.717, 1.165) is 12.1 Å². The first-order valence-corrected chi connectivity index (χ1v) is 6.32. The molecule has 8 heteroatoms. The zero-order valence-corrected chi connectivity index (χ0v) is 11.2. The van der Waals surface area contributed by atoms with Crippen molar-refractivity contribution < 1.29 is 4.79 Å². The number of hydrogen-bond acceptors (Lipinski definition) is 6. The number of nitrogen functional groups attached to an aromatic ring is 1. The number of carbonyl (C=O) groups is 1. The van der Waals surface area contributed by atoms with Crippen molar-refractivity contribution >= 4 is 11.7 Å². The molecule has 0 aromatic carbocycles. The number of aromatic nitrogens is 4. The van der Waals surface area contributed by atoms with Crippen molar-refractivity contribution in [1.82, 2.24) is 25.3 Å². The van der Waals surface area contributed by atoms with Crippen molar-refractivity contribution in [3.63, 3.8) is 0 Å². The average molecular weight is 275 g/mol. The van der Waals surface area contributed by atoms with Gasteiger partial charge in [0.2, 0.25) is 0 Å². The van der Waals surface area contributed by atoms with Gasteiger partial charge in [-0.2, -0.15) is 0 Å². The van der Waals surface area contributed by atoms with Crippen molar-refractivity contribution in [3.8, 4) is 0 Å². The second-order valence-corrected chi connectivity index (χ2v) is 4.15. The molecule has 2 aromatic heterocycles. The molecule has 0 aliphatic rings. The number of amides is 1. The molecular formula is C12H17N7O. The first-order chi connectivity index (χ1) is 9.72. The van der Waals surface area contributed by atoms with Crippen LogP contribution in [0.2, 0.25) is 0 Å². The summed E-state index contributed by atoms with van der Waals surface area (Å²) < 4.78 is 1.65. The van der Waals surface area contributed by atoms with Crippen LogP contribution in [0.5, 0.6) is 0 Å². The first kappa shape index (κ1) is 13.9. The fourth-order valence-corrected chi connectivity index (χ4v) is 1.71. The molecule has 0 bridgehead atoms. The summed E-state index contributed by atoms with van der Waals surface area (Å²) in [6.07, 6.45) is 4.07. The van der Waals surface area contributed by atoms with E-state index in [-0.39, 0.29) is 5.91 Å². The predicted octanol–water partition coefficient (Wildman–Crippen LogP) is -0.0489. The second-order valence-electron chi connectivity index (χ2n) is 4.15. The number of aryl methyl sites for hydroxylation is 1. The third-order valence-corrected chi connectivity index (χ3v) is 2.75. The number of rotatable bonds is 6. The van der Waals surface area contributed by atoms with E-state index >= 15 is 0 Å². The molecule has 20 heavy (non-hydrogen) atoms. The van der Waals surface area contributed by atoms with Gasteiger partial charge in [0.1, 0.15) is 5.82 Å². The van der Waals surface area contributed by atoms with Gasteiger partial charge in [0.15, 0.2) is 0 Å². The van der Waals surface area contributed by atoms with E-state index in [4.69, 9.17) is 5.84 Å². The number of hydrogen-bond donors (Lipinski definition) is 3. The molecule has 8 nitrogen and oxygen atoms in total. The lowest BCUT2D eigenvalue weighted by Gasteiger charge is -2.08. The maximum absolute atomic E-state index is 12.1. The van der Waals surface area contributed by atoms with Gasteiger partial charge in [-0.15, -0.1) is 5.10 Å². The lowest BCUT2D eigenvalue weighted by Crippen LogP contribution is -2.27. The van der Waals surface area contributed by atoms with E-state index in [2.05, 4.69) is 26.0 Å². The van der Waals surface area contributed by atoms with Gasteiger partial charge in [-0.05, 0) is 18.6 Å². The van der Waals surface area contributed by atoms with Crippen molar-refractivity contribution in [2.24, 2.45) is 5.84 Å². The molecule has 0 spiro atoms. The Morgan fingerprint density at radius 3 is 2.95 bits per heavy atom. The number of anilines is 1. The Balaban J connectivity index is 1.97. The molecular weight excluding hydrogens is 258 g/mol. The summed E-state index contributed by atoms with van der Waals surface area (Å²) in [4.78, 5) is 16.3. The quantitative estimate of drug-likeness (QED) is 0.503. The molecule has 0 atom stereocenters. The van der Waals surface area contributed by atoms with E-state index in [1.807, 2.05) is 6.92 Å². The summed E-state index contributed by atoms with van der Waals surface area (Å²) in [6, 6.07) is 3.37. The second kappa shape index (κ2) is 6.62. The molecule has 0 aliphatic carbocycles. The first-order valence-electron chi connectivity index (χ1n) is 6.32. The average Bonchev–Trinajstić information content (AvgIpc) is 2.99. The van der Waals surface area contributed by atoms with Crippen molar-refractivity contribution in [1.29, 1.82) is 0 Å². The Labute approximate surface area is 116 Å². The van der Waals surface area contributed by atoms with Gasteiger partial charge in [0, 0.05) is 24.0 Å². The molecule has 2 aromatic rings. The fourth-order valence-electron chi connectivity index (χ4n) is 1.71. The lowest BCUT2D eigenvalue weighted by atomic mass is 10.2. The third-order valence-electron chi connectivity index (χ3n) is 2.75. The molecule has 2 heterocycles. The Morgan fingerprint density at radius 2 is 2.30 bits per heavy atom. The van der Waals surface area contributed by atoms with Crippen LogP contribution in [0.15, 0.2) is 24.5 Å². The number of pyridine rings is 1. The molecule has 2 rings (SSSR count). The van der Waals surface area contributed by atoms with Crippen LogP contribution < -0.4 is 16.6 Å². The number of nitrogens with zero attached hydrogens (tertiary/aromatic N) is 4. The minimum absolute atomic E-state index is 0.168. The van der Waals surface area contributed by atoms with Crippen LogP contribution >= 0.6 is 0 Å². The molecule has 4 N–H and O–H groups in total. The van der Waals surface area contributed by atoms with E-state index in [1.165, 1.54) is 0 Å². The SMILES string of the molecule is CCc1cc(C(=O)NCCn2ccnn2)cc(NN)n1. The predicted molar refractivity (Wildman–Crippen MR) is 73.8 cm³/mol. The summed E-state index contributed by atoms with van der Waals surface area (Å²) in [5.41, 5.74) is 3.80. The fraction of sp³-hybridized carbons (Fsp3) is 0.333. The molecule has 0 radical (unpaired) electrons. The zero-order valence-electron chi connectivity index (χ0n) is 11.2. The standard InChI is InChI=1S/C12H17N7O/c1-2-10-7-9(8-11(16-10)17-13)12(20)14-3-5-19-6-4-15-18-19/h4,6-8H,2-3,5,13H2,1H3,(H,14,20)(H,16,17). The third kappa shape index (κ3) is 3.51. The van der Waals surface area contributed by atoms with Gasteiger partial charge in [-0.25, -0.2) is 10.8 Å². The van der Waals surface area contributed by atoms with Crippen LogP contribution in [0.3, 0.4) is 0 Å². The number of nitrogens with two attached hydrogens (primary N) is 1. The van der Waals surface area contributed by atoms with Crippen molar-refractivity contribution in [2.45, 2.75) is 19.9 Å². The minimum atomic E-state index is -0.168. The van der Waals surface area contributed by atoms with Gasteiger partial charge in [-0.1, -0.05) is 12.1 Å². The van der Waals surface area contributed by atoms with Gasteiger partial charge >= 0.3 is 0 Å². The molecule has 106 valence electrons. The summed E-state index contributed by atoms with van der Waals surface area (Å²) in [5, 5.41) is 10.3. The monoisotopic (exact) mass is 275 g/mol. The van der Waals surface area contributed by atoms with Gasteiger partial charge in [-0.3, -0.25) is 9.48 Å². The molecule has 0 fully saturated rings. The summed E-state index contributed by atoms with van der Waals surface area (Å²) in [6.45, 7) is 3.01. The summed E-state index contributed by atoms with van der Waals surface area (Å²) >= 11 is 0. The molecule has 1 amide bonds. The van der Waals surface area contributed by atoms with E-state index in [0.29, 0.717) is 24.5 Å². The highest BCUT2D eigenvalue weighted by Gasteiger charge is 2.08. The van der Waals surface area contributed by atoms with Crippen molar-refractivity contribution in [2.75, 3.05) is 12.0 Å². The van der Waals surface area contributed by atoms with Gasteiger partial charge in [0.05, 0.1) is 12.7 Å². The largest absolute Gasteiger partial charge is 0.350 e. The van der Waals surface area contributed by atoms with Crippen LogP contribution in [-0.2, 0) is 13.0 Å². The highest BCUT2D eigenvalue weighted by molar-refractivity contribution is 5.94. The lowest BCUT2D eigenvalue weighted by molar-refractivity contribution is 0.0951. The van der Waals surface area contributed by atoms with Crippen LogP contribution in [0.1, 0.15) is 23.0 Å². The Morgan fingerprint density at radius 1 is 1.45 bits per heavy atom. The Hall–Kier alpha value is -2.48. The molecule has 0 saturated carbocycles.